The Morgan fingerprint density at radius 2 is 1.89 bits per heavy atom. The first-order chi connectivity index (χ1) is 16.5. The first-order valence-corrected chi connectivity index (χ1v) is 10.9. The van der Waals surface area contributed by atoms with Crippen LogP contribution in [0.3, 0.4) is 0 Å². The zero-order valence-corrected chi connectivity index (χ0v) is 19.9. The van der Waals surface area contributed by atoms with E-state index in [2.05, 4.69) is 5.10 Å². The summed E-state index contributed by atoms with van der Waals surface area (Å²) in [5.74, 6) is -0.0983. The highest BCUT2D eigenvalue weighted by Gasteiger charge is 2.30. The highest BCUT2D eigenvalue weighted by Crippen LogP contribution is 2.34. The maximum atomic E-state index is 13.1. The fraction of sp³-hybridized carbons (Fsp3) is 0.208. The number of aryl methyl sites for hydroxylation is 1. The van der Waals surface area contributed by atoms with Crippen molar-refractivity contribution in [3.05, 3.63) is 71.7 Å². The molecule has 7 nitrogen and oxygen atoms in total. The van der Waals surface area contributed by atoms with E-state index in [0.717, 1.165) is 22.9 Å². The number of carbonyl (C=O) groups excluding carboxylic acids is 1. The third kappa shape index (κ3) is 4.72. The molecule has 4 aromatic rings. The van der Waals surface area contributed by atoms with Crippen molar-refractivity contribution >= 4 is 44.9 Å². The molecule has 11 heteroatoms. The summed E-state index contributed by atoms with van der Waals surface area (Å²) in [6, 6.07) is 10.1. The Labute approximate surface area is 204 Å². The monoisotopic (exact) mass is 501 g/mol. The van der Waals surface area contributed by atoms with Gasteiger partial charge in [0.05, 0.1) is 24.7 Å². The minimum absolute atomic E-state index is 0.154. The summed E-state index contributed by atoms with van der Waals surface area (Å²) in [5.41, 5.74) is 7.13. The van der Waals surface area contributed by atoms with Crippen LogP contribution in [0.1, 0.15) is 15.9 Å². The highest BCUT2D eigenvalue weighted by atomic mass is 32.1. The lowest BCUT2D eigenvalue weighted by molar-refractivity contribution is -0.137. The normalized spacial score (nSPS) is 12.3. The van der Waals surface area contributed by atoms with Crippen LogP contribution in [0.25, 0.3) is 27.6 Å². The van der Waals surface area contributed by atoms with Crippen LogP contribution in [0.15, 0.2) is 60.6 Å². The largest absolute Gasteiger partial charge is 0.483 e. The van der Waals surface area contributed by atoms with Crippen LogP contribution < -0.4 is 5.73 Å². The molecular formula is C24H22F3N5O2S. The van der Waals surface area contributed by atoms with Gasteiger partial charge in [0.15, 0.2) is 11.5 Å². The SMILES string of the molecule is COC(N)=CC(=S)CN(C)C(=O)c1ccc2c(c1)c1cn(C)nc1n2-c1ccc(C(F)(F)F)cc1. The Bertz CT molecular complexity index is 1470. The van der Waals surface area contributed by atoms with Crippen LogP contribution in [-0.2, 0) is 18.0 Å². The van der Waals surface area contributed by atoms with Crippen molar-refractivity contribution in [1.29, 1.82) is 0 Å². The van der Waals surface area contributed by atoms with E-state index in [1.54, 1.807) is 41.5 Å². The minimum atomic E-state index is -4.42. The fourth-order valence-electron chi connectivity index (χ4n) is 3.88. The number of benzene rings is 2. The van der Waals surface area contributed by atoms with Gasteiger partial charge in [-0.1, -0.05) is 12.2 Å². The first-order valence-electron chi connectivity index (χ1n) is 10.4. The standard InChI is InChI=1S/C24H22F3N5O2S/c1-30(12-17(35)11-21(28)34-3)23(33)14-4-9-20-18(10-14)19-13-31(2)29-22(19)32(20)16-7-5-15(6-8-16)24(25,26)27/h4-11,13H,12,28H2,1-3H3. The molecule has 2 N–H and O–H groups in total. The molecule has 1 amide bonds. The molecule has 0 radical (unpaired) electrons. The van der Waals surface area contributed by atoms with Gasteiger partial charge in [0.25, 0.3) is 5.91 Å². The van der Waals surface area contributed by atoms with E-state index in [1.165, 1.54) is 30.2 Å². The predicted octanol–water partition coefficient (Wildman–Crippen LogP) is 4.42. The van der Waals surface area contributed by atoms with Crippen LogP contribution in [0.4, 0.5) is 13.2 Å². The zero-order chi connectivity index (χ0) is 25.5. The molecule has 2 aromatic carbocycles. The summed E-state index contributed by atoms with van der Waals surface area (Å²) >= 11 is 5.26. The molecule has 0 fully saturated rings. The summed E-state index contributed by atoms with van der Waals surface area (Å²) in [6.07, 6.45) is -1.14. The summed E-state index contributed by atoms with van der Waals surface area (Å²) in [6.45, 7) is 0.172. The number of nitrogens with zero attached hydrogens (tertiary/aromatic N) is 4. The van der Waals surface area contributed by atoms with Gasteiger partial charge in [-0.2, -0.15) is 18.3 Å². The molecule has 0 aliphatic heterocycles. The number of rotatable bonds is 6. The van der Waals surface area contributed by atoms with Gasteiger partial charge in [0, 0.05) is 53.3 Å². The average molecular weight is 502 g/mol. The number of hydrogen-bond donors (Lipinski definition) is 1. The van der Waals surface area contributed by atoms with Gasteiger partial charge in [-0.3, -0.25) is 14.0 Å². The number of alkyl halides is 3. The average Bonchev–Trinajstić information content (AvgIpc) is 3.32. The van der Waals surface area contributed by atoms with Crippen LogP contribution in [0.2, 0.25) is 0 Å². The molecule has 0 aliphatic carbocycles. The number of ether oxygens (including phenoxy) is 1. The number of amides is 1. The molecule has 0 spiro atoms. The molecule has 0 aliphatic rings. The van der Waals surface area contributed by atoms with E-state index in [0.29, 0.717) is 27.3 Å². The first kappa shape index (κ1) is 24.3. The summed E-state index contributed by atoms with van der Waals surface area (Å²) < 4.78 is 47.4. The maximum absolute atomic E-state index is 13.1. The Morgan fingerprint density at radius 1 is 1.20 bits per heavy atom. The molecule has 2 aromatic heterocycles. The number of methoxy groups -OCH3 is 1. The number of fused-ring (bicyclic) bond motifs is 3. The smallest absolute Gasteiger partial charge is 0.416 e. The second-order valence-electron chi connectivity index (χ2n) is 8.03. The molecule has 0 saturated heterocycles. The number of carbonyl (C=O) groups is 1. The van der Waals surface area contributed by atoms with Crippen molar-refractivity contribution in [3.63, 3.8) is 0 Å². The topological polar surface area (TPSA) is 78.3 Å². The van der Waals surface area contributed by atoms with Gasteiger partial charge in [0.2, 0.25) is 0 Å². The van der Waals surface area contributed by atoms with Gasteiger partial charge >= 0.3 is 6.18 Å². The van der Waals surface area contributed by atoms with E-state index in [1.807, 2.05) is 6.20 Å². The summed E-state index contributed by atoms with van der Waals surface area (Å²) in [5, 5.41) is 6.02. The van der Waals surface area contributed by atoms with Gasteiger partial charge in [-0.15, -0.1) is 0 Å². The molecule has 182 valence electrons. The number of nitrogens with two attached hydrogens (primary N) is 1. The number of hydrogen-bond acceptors (Lipinski definition) is 5. The van der Waals surface area contributed by atoms with Gasteiger partial charge in [-0.05, 0) is 42.5 Å². The quantitative estimate of drug-likeness (QED) is 0.240. The van der Waals surface area contributed by atoms with E-state index >= 15 is 0 Å². The van der Waals surface area contributed by atoms with Crippen molar-refractivity contribution < 1.29 is 22.7 Å². The second-order valence-corrected chi connectivity index (χ2v) is 8.55. The van der Waals surface area contributed by atoms with Crippen molar-refractivity contribution in [2.45, 2.75) is 6.18 Å². The van der Waals surface area contributed by atoms with Crippen LogP contribution in [-0.4, -0.2) is 50.7 Å². The Balaban J connectivity index is 1.74. The lowest BCUT2D eigenvalue weighted by atomic mass is 10.1. The van der Waals surface area contributed by atoms with Gasteiger partial charge in [-0.25, -0.2) is 0 Å². The third-order valence-corrected chi connectivity index (χ3v) is 5.77. The minimum Gasteiger partial charge on any atom is -0.483 e. The molecule has 0 atom stereocenters. The van der Waals surface area contributed by atoms with Crippen molar-refractivity contribution in [3.8, 4) is 5.69 Å². The number of thiocarbonyl (C=S) groups is 1. The third-order valence-electron chi connectivity index (χ3n) is 5.53. The van der Waals surface area contributed by atoms with E-state index < -0.39 is 11.7 Å². The van der Waals surface area contributed by atoms with Crippen molar-refractivity contribution in [2.75, 3.05) is 20.7 Å². The molecule has 0 bridgehead atoms. The molecule has 0 unspecified atom stereocenters. The lowest BCUT2D eigenvalue weighted by Crippen LogP contribution is -2.31. The van der Waals surface area contributed by atoms with E-state index in [-0.39, 0.29) is 18.3 Å². The second kappa shape index (κ2) is 9.06. The van der Waals surface area contributed by atoms with Crippen molar-refractivity contribution in [1.82, 2.24) is 19.2 Å². The Morgan fingerprint density at radius 3 is 2.51 bits per heavy atom. The van der Waals surface area contributed by atoms with Crippen LogP contribution in [0, 0.1) is 0 Å². The molecule has 4 rings (SSSR count). The zero-order valence-electron chi connectivity index (χ0n) is 19.1. The van der Waals surface area contributed by atoms with Gasteiger partial charge < -0.3 is 15.4 Å². The number of aromatic nitrogens is 3. The molecular weight excluding hydrogens is 479 g/mol. The summed E-state index contributed by atoms with van der Waals surface area (Å²) in [7, 11) is 4.81. The maximum Gasteiger partial charge on any atom is 0.416 e. The Kier molecular flexibility index (Phi) is 6.28. The van der Waals surface area contributed by atoms with Gasteiger partial charge in [0.1, 0.15) is 0 Å². The van der Waals surface area contributed by atoms with E-state index in [9.17, 15) is 18.0 Å². The lowest BCUT2D eigenvalue weighted by Gasteiger charge is -2.17. The molecule has 0 saturated carbocycles. The summed E-state index contributed by atoms with van der Waals surface area (Å²) in [4.78, 5) is 15.0. The number of halogens is 3. The molecule has 35 heavy (non-hydrogen) atoms. The van der Waals surface area contributed by atoms with Crippen LogP contribution in [0.5, 0.6) is 0 Å². The van der Waals surface area contributed by atoms with Crippen LogP contribution >= 0.6 is 12.2 Å². The Hall–Kier alpha value is -3.86. The molecule has 2 heterocycles. The fourth-order valence-corrected chi connectivity index (χ4v) is 4.19. The highest BCUT2D eigenvalue weighted by molar-refractivity contribution is 7.80. The van der Waals surface area contributed by atoms with Crippen molar-refractivity contribution in [2.24, 2.45) is 12.8 Å². The van der Waals surface area contributed by atoms with E-state index in [4.69, 9.17) is 22.7 Å². The predicted molar refractivity (Wildman–Crippen MR) is 131 cm³/mol.